The number of hydrogen-bond donors (Lipinski definition) is 0. The van der Waals surface area contributed by atoms with Gasteiger partial charge in [-0.15, -0.1) is 0 Å². The minimum atomic E-state index is 0.355. The van der Waals surface area contributed by atoms with Gasteiger partial charge in [0.2, 0.25) is 0 Å². The van der Waals surface area contributed by atoms with Gasteiger partial charge in [0.15, 0.2) is 0 Å². The zero-order valence-electron chi connectivity index (χ0n) is 8.03. The van der Waals surface area contributed by atoms with Crippen LogP contribution in [-0.2, 0) is 4.74 Å². The Labute approximate surface area is 84.4 Å². The number of fused-ring (bicyclic) bond motifs is 1. The van der Waals surface area contributed by atoms with E-state index < -0.39 is 0 Å². The molecule has 1 fully saturated rings. The van der Waals surface area contributed by atoms with Gasteiger partial charge in [-0.1, -0.05) is 30.7 Å². The Kier molecular flexibility index (Phi) is 2.48. The van der Waals surface area contributed by atoms with Crippen LogP contribution in [0.5, 0.6) is 0 Å². The van der Waals surface area contributed by atoms with E-state index in [1.807, 2.05) is 6.08 Å². The van der Waals surface area contributed by atoms with Crippen LogP contribution in [0.1, 0.15) is 13.8 Å². The Morgan fingerprint density at radius 3 is 3.00 bits per heavy atom. The van der Waals surface area contributed by atoms with Gasteiger partial charge in [-0.25, -0.2) is 0 Å². The number of rotatable bonds is 0. The second-order valence-electron chi connectivity index (χ2n) is 4.02. The lowest BCUT2D eigenvalue weighted by molar-refractivity contribution is -0.0521. The van der Waals surface area contributed by atoms with Crippen LogP contribution in [0.2, 0.25) is 0 Å². The van der Waals surface area contributed by atoms with Gasteiger partial charge in [0.1, 0.15) is 0 Å². The molecule has 0 aromatic rings. The molecule has 0 amide bonds. The predicted octanol–water partition coefficient (Wildman–Crippen LogP) is 2.97. The first-order valence-electron chi connectivity index (χ1n) is 4.85. The minimum Gasteiger partial charge on any atom is -0.378 e. The van der Waals surface area contributed by atoms with Crippen molar-refractivity contribution in [3.05, 3.63) is 23.3 Å². The summed E-state index contributed by atoms with van der Waals surface area (Å²) < 4.78 is 5.67. The Morgan fingerprint density at radius 1 is 1.46 bits per heavy atom. The molecule has 0 N–H and O–H groups in total. The van der Waals surface area contributed by atoms with Crippen LogP contribution >= 0.6 is 11.6 Å². The fraction of sp³-hybridized carbons (Fsp3) is 0.636. The van der Waals surface area contributed by atoms with E-state index in [4.69, 9.17) is 16.3 Å². The monoisotopic (exact) mass is 198 g/mol. The van der Waals surface area contributed by atoms with Gasteiger partial charge < -0.3 is 4.74 Å². The zero-order valence-corrected chi connectivity index (χ0v) is 8.79. The maximum Gasteiger partial charge on any atom is 0.0578 e. The van der Waals surface area contributed by atoms with Crippen LogP contribution in [0.4, 0.5) is 0 Å². The summed E-state index contributed by atoms with van der Waals surface area (Å²) in [6.07, 6.45) is 6.67. The zero-order chi connectivity index (χ0) is 9.42. The van der Waals surface area contributed by atoms with E-state index in [1.54, 1.807) is 0 Å². The van der Waals surface area contributed by atoms with Gasteiger partial charge in [-0.05, 0) is 24.8 Å². The van der Waals surface area contributed by atoms with Crippen molar-refractivity contribution in [2.24, 2.45) is 17.8 Å². The van der Waals surface area contributed by atoms with Crippen LogP contribution in [0, 0.1) is 17.8 Å². The SMILES string of the molecule is CC1C2C=CC=C(Cl)C2CO[C@H]1C. The van der Waals surface area contributed by atoms with E-state index in [9.17, 15) is 0 Å². The van der Waals surface area contributed by atoms with Gasteiger partial charge in [-0.3, -0.25) is 0 Å². The lowest BCUT2D eigenvalue weighted by Crippen LogP contribution is -2.39. The molecule has 2 aliphatic rings. The molecule has 0 saturated carbocycles. The molecule has 0 radical (unpaired) electrons. The molecule has 13 heavy (non-hydrogen) atoms. The summed E-state index contributed by atoms with van der Waals surface area (Å²) in [6, 6.07) is 0. The van der Waals surface area contributed by atoms with Gasteiger partial charge in [-0.2, -0.15) is 0 Å². The standard InChI is InChI=1S/C11H15ClO/c1-7-8(2)13-6-10-9(7)4-3-5-11(10)12/h3-5,7-10H,6H2,1-2H3/t7?,8-,9?,10?/m0/s1. The van der Waals surface area contributed by atoms with Crippen molar-refractivity contribution in [3.8, 4) is 0 Å². The summed E-state index contributed by atoms with van der Waals surface area (Å²) in [5, 5.41) is 0.950. The van der Waals surface area contributed by atoms with Crippen molar-refractivity contribution in [3.63, 3.8) is 0 Å². The fourth-order valence-corrected chi connectivity index (χ4v) is 2.45. The Hall–Kier alpha value is -0.270. The molecule has 1 aliphatic heterocycles. The molecule has 3 unspecified atom stereocenters. The first kappa shape index (κ1) is 9.29. The summed E-state index contributed by atoms with van der Waals surface area (Å²) >= 11 is 6.13. The summed E-state index contributed by atoms with van der Waals surface area (Å²) in [5.41, 5.74) is 0. The smallest absolute Gasteiger partial charge is 0.0578 e. The molecule has 1 saturated heterocycles. The largest absolute Gasteiger partial charge is 0.378 e. The van der Waals surface area contributed by atoms with Crippen molar-refractivity contribution in [1.82, 2.24) is 0 Å². The van der Waals surface area contributed by atoms with Crippen LogP contribution in [0.15, 0.2) is 23.3 Å². The molecule has 72 valence electrons. The fourth-order valence-electron chi connectivity index (χ4n) is 2.17. The maximum absolute atomic E-state index is 6.13. The van der Waals surface area contributed by atoms with Crippen molar-refractivity contribution >= 4 is 11.6 Å². The van der Waals surface area contributed by atoms with Crippen LogP contribution in [0.25, 0.3) is 0 Å². The van der Waals surface area contributed by atoms with Crippen molar-refractivity contribution in [2.75, 3.05) is 6.61 Å². The van der Waals surface area contributed by atoms with E-state index in [0.29, 0.717) is 23.9 Å². The third-order valence-corrected chi connectivity index (χ3v) is 3.70. The molecule has 1 aliphatic carbocycles. The van der Waals surface area contributed by atoms with Gasteiger partial charge in [0, 0.05) is 11.0 Å². The molecule has 0 aromatic carbocycles. The van der Waals surface area contributed by atoms with Crippen molar-refractivity contribution in [2.45, 2.75) is 20.0 Å². The number of ether oxygens (including phenoxy) is 1. The molecule has 4 atom stereocenters. The van der Waals surface area contributed by atoms with Gasteiger partial charge in [0.25, 0.3) is 0 Å². The Morgan fingerprint density at radius 2 is 2.23 bits per heavy atom. The quantitative estimate of drug-likeness (QED) is 0.582. The molecule has 1 heterocycles. The Balaban J connectivity index is 2.21. The second-order valence-corrected chi connectivity index (χ2v) is 4.45. The predicted molar refractivity (Wildman–Crippen MR) is 54.6 cm³/mol. The average molecular weight is 199 g/mol. The van der Waals surface area contributed by atoms with Crippen LogP contribution in [-0.4, -0.2) is 12.7 Å². The van der Waals surface area contributed by atoms with Gasteiger partial charge >= 0.3 is 0 Å². The van der Waals surface area contributed by atoms with Crippen molar-refractivity contribution < 1.29 is 4.74 Å². The normalized spacial score (nSPS) is 44.1. The van der Waals surface area contributed by atoms with Crippen molar-refractivity contribution in [1.29, 1.82) is 0 Å². The van der Waals surface area contributed by atoms with E-state index in [1.165, 1.54) is 0 Å². The number of allylic oxidation sites excluding steroid dienone is 3. The third-order valence-electron chi connectivity index (χ3n) is 3.29. The molecular formula is C11H15ClO. The summed E-state index contributed by atoms with van der Waals surface area (Å²) in [6.45, 7) is 5.15. The molecular weight excluding hydrogens is 184 g/mol. The molecule has 0 bridgehead atoms. The first-order chi connectivity index (χ1) is 6.20. The van der Waals surface area contributed by atoms with Crippen LogP contribution < -0.4 is 0 Å². The molecule has 0 aromatic heterocycles. The molecule has 1 nitrogen and oxygen atoms in total. The van der Waals surface area contributed by atoms with Crippen LogP contribution in [0.3, 0.4) is 0 Å². The van der Waals surface area contributed by atoms with Gasteiger partial charge in [0.05, 0.1) is 12.7 Å². The van der Waals surface area contributed by atoms with E-state index in [-0.39, 0.29) is 0 Å². The number of halogens is 1. The van der Waals surface area contributed by atoms with E-state index in [2.05, 4.69) is 26.0 Å². The highest BCUT2D eigenvalue weighted by Gasteiger charge is 2.36. The number of hydrogen-bond acceptors (Lipinski definition) is 1. The topological polar surface area (TPSA) is 9.23 Å². The maximum atomic E-state index is 6.13. The Bertz CT molecular complexity index is 257. The lowest BCUT2D eigenvalue weighted by Gasteiger charge is -2.40. The third kappa shape index (κ3) is 1.55. The summed E-state index contributed by atoms with van der Waals surface area (Å²) in [7, 11) is 0. The minimum absolute atomic E-state index is 0.355. The highest BCUT2D eigenvalue weighted by molar-refractivity contribution is 6.30. The summed E-state index contributed by atoms with van der Waals surface area (Å²) in [5.74, 6) is 1.54. The average Bonchev–Trinajstić information content (AvgIpc) is 2.12. The first-order valence-corrected chi connectivity index (χ1v) is 5.23. The highest BCUT2D eigenvalue weighted by Crippen LogP contribution is 2.39. The second kappa shape index (κ2) is 3.47. The van der Waals surface area contributed by atoms with E-state index in [0.717, 1.165) is 11.6 Å². The lowest BCUT2D eigenvalue weighted by atomic mass is 9.76. The molecule has 2 heteroatoms. The molecule has 2 rings (SSSR count). The summed E-state index contributed by atoms with van der Waals surface area (Å²) in [4.78, 5) is 0. The van der Waals surface area contributed by atoms with E-state index >= 15 is 0 Å². The molecule has 0 spiro atoms. The highest BCUT2D eigenvalue weighted by atomic mass is 35.5.